The van der Waals surface area contributed by atoms with Gasteiger partial charge in [-0.3, -0.25) is 0 Å². The molecule has 5 heteroatoms. The highest BCUT2D eigenvalue weighted by molar-refractivity contribution is 5.06. The molecule has 0 rings (SSSR count). The number of hydrogen-bond donors (Lipinski definition) is 0. The van der Waals surface area contributed by atoms with Crippen molar-refractivity contribution in [2.75, 3.05) is 0 Å². The first kappa shape index (κ1) is 14.0. The SMILES string of the molecule is CC(C)C(OC(=C(F)F)C(C)C)=C(F)F. The molecule has 0 aromatic carbocycles. The summed E-state index contributed by atoms with van der Waals surface area (Å²) in [5.41, 5.74) is 0. The fourth-order valence-electron chi connectivity index (χ4n) is 0.868. The van der Waals surface area contributed by atoms with Crippen LogP contribution in [-0.2, 0) is 4.74 Å². The molecule has 0 saturated carbocycles. The van der Waals surface area contributed by atoms with E-state index in [1.54, 1.807) is 0 Å². The maximum atomic E-state index is 12.3. The van der Waals surface area contributed by atoms with Crippen molar-refractivity contribution in [2.45, 2.75) is 27.7 Å². The van der Waals surface area contributed by atoms with Crippen LogP contribution in [0.15, 0.2) is 23.7 Å². The molecule has 0 amide bonds. The van der Waals surface area contributed by atoms with Crippen LogP contribution in [0.1, 0.15) is 27.7 Å². The van der Waals surface area contributed by atoms with Gasteiger partial charge in [0, 0.05) is 11.8 Å². The second-order valence-electron chi connectivity index (χ2n) is 3.66. The summed E-state index contributed by atoms with van der Waals surface area (Å²) in [6.45, 7) is 5.79. The average molecular weight is 226 g/mol. The Morgan fingerprint density at radius 1 is 0.733 bits per heavy atom. The van der Waals surface area contributed by atoms with Crippen LogP contribution in [0.3, 0.4) is 0 Å². The standard InChI is InChI=1S/C10H14F4O/c1-5(2)7(9(11)12)15-8(6(3)4)10(13)14/h5-6H,1-4H3. The van der Waals surface area contributed by atoms with Crippen LogP contribution >= 0.6 is 0 Å². The summed E-state index contributed by atoms with van der Waals surface area (Å²) < 4.78 is 53.9. The minimum Gasteiger partial charge on any atom is -0.454 e. The largest absolute Gasteiger partial charge is 0.454 e. The minimum atomic E-state index is -2.07. The predicted octanol–water partition coefficient (Wildman–Crippen LogP) is 4.53. The van der Waals surface area contributed by atoms with E-state index in [1.807, 2.05) is 0 Å². The Bertz CT molecular complexity index is 243. The average Bonchev–Trinajstić information content (AvgIpc) is 2.01. The zero-order valence-electron chi connectivity index (χ0n) is 9.07. The molecule has 0 aliphatic carbocycles. The molecule has 0 fully saturated rings. The lowest BCUT2D eigenvalue weighted by Gasteiger charge is -2.16. The van der Waals surface area contributed by atoms with E-state index in [-0.39, 0.29) is 0 Å². The van der Waals surface area contributed by atoms with Crippen molar-refractivity contribution in [3.8, 4) is 0 Å². The van der Waals surface area contributed by atoms with Crippen LogP contribution in [0.4, 0.5) is 17.6 Å². The molecule has 0 aromatic heterocycles. The molecule has 0 bridgehead atoms. The van der Waals surface area contributed by atoms with Crippen LogP contribution in [0, 0.1) is 11.8 Å². The Labute approximate surface area is 86.4 Å². The van der Waals surface area contributed by atoms with Gasteiger partial charge in [-0.05, 0) is 0 Å². The topological polar surface area (TPSA) is 9.23 Å². The van der Waals surface area contributed by atoms with Gasteiger partial charge in [-0.25, -0.2) is 0 Å². The minimum absolute atomic E-state index is 0.636. The van der Waals surface area contributed by atoms with Crippen molar-refractivity contribution < 1.29 is 22.3 Å². The molecule has 0 aliphatic heterocycles. The van der Waals surface area contributed by atoms with Gasteiger partial charge in [0.25, 0.3) is 0 Å². The molecule has 1 nitrogen and oxygen atoms in total. The highest BCUT2D eigenvalue weighted by Crippen LogP contribution is 2.27. The van der Waals surface area contributed by atoms with E-state index < -0.39 is 35.5 Å². The molecule has 0 saturated heterocycles. The third-order valence-electron chi connectivity index (χ3n) is 1.64. The van der Waals surface area contributed by atoms with Crippen molar-refractivity contribution in [1.29, 1.82) is 0 Å². The third-order valence-corrected chi connectivity index (χ3v) is 1.64. The Hall–Kier alpha value is -1.00. The maximum Gasteiger partial charge on any atom is 0.308 e. The van der Waals surface area contributed by atoms with Crippen LogP contribution in [0.2, 0.25) is 0 Å². The van der Waals surface area contributed by atoms with Gasteiger partial charge in [-0.15, -0.1) is 0 Å². The predicted molar refractivity (Wildman–Crippen MR) is 49.2 cm³/mol. The van der Waals surface area contributed by atoms with Gasteiger partial charge in [0.05, 0.1) is 0 Å². The summed E-state index contributed by atoms with van der Waals surface area (Å²) in [5, 5.41) is 0. The van der Waals surface area contributed by atoms with Gasteiger partial charge in [-0.1, -0.05) is 27.7 Å². The van der Waals surface area contributed by atoms with E-state index in [0.717, 1.165) is 0 Å². The molecule has 88 valence electrons. The first-order valence-corrected chi connectivity index (χ1v) is 4.55. The number of allylic oxidation sites excluding steroid dienone is 2. The van der Waals surface area contributed by atoms with Crippen LogP contribution in [0.25, 0.3) is 0 Å². The monoisotopic (exact) mass is 226 g/mol. The number of ether oxygens (including phenoxy) is 1. The molecule has 0 aromatic rings. The van der Waals surface area contributed by atoms with Crippen molar-refractivity contribution in [1.82, 2.24) is 0 Å². The Morgan fingerprint density at radius 3 is 1.13 bits per heavy atom. The summed E-state index contributed by atoms with van der Waals surface area (Å²) >= 11 is 0. The summed E-state index contributed by atoms with van der Waals surface area (Å²) in [7, 11) is 0. The van der Waals surface area contributed by atoms with Gasteiger partial charge < -0.3 is 4.74 Å². The normalized spacial score (nSPS) is 10.5. The molecule has 0 spiro atoms. The van der Waals surface area contributed by atoms with Crippen LogP contribution in [-0.4, -0.2) is 0 Å². The molecule has 0 aliphatic rings. The molecular formula is C10H14F4O. The van der Waals surface area contributed by atoms with Crippen molar-refractivity contribution in [3.63, 3.8) is 0 Å². The zero-order valence-corrected chi connectivity index (χ0v) is 9.07. The summed E-state index contributed by atoms with van der Waals surface area (Å²) in [4.78, 5) is 0. The lowest BCUT2D eigenvalue weighted by Crippen LogP contribution is -2.06. The van der Waals surface area contributed by atoms with Gasteiger partial charge in [-0.2, -0.15) is 17.6 Å². The molecule has 0 atom stereocenters. The van der Waals surface area contributed by atoms with E-state index in [2.05, 4.69) is 4.74 Å². The highest BCUT2D eigenvalue weighted by Gasteiger charge is 2.20. The Kier molecular flexibility index (Phi) is 5.39. The number of halogens is 4. The molecule has 0 heterocycles. The lowest BCUT2D eigenvalue weighted by atomic mass is 10.1. The smallest absolute Gasteiger partial charge is 0.308 e. The molecular weight excluding hydrogens is 212 g/mol. The van der Waals surface area contributed by atoms with Crippen LogP contribution < -0.4 is 0 Å². The van der Waals surface area contributed by atoms with E-state index >= 15 is 0 Å². The van der Waals surface area contributed by atoms with E-state index in [9.17, 15) is 17.6 Å². The second-order valence-corrected chi connectivity index (χ2v) is 3.66. The molecule has 0 unspecified atom stereocenters. The maximum absolute atomic E-state index is 12.3. The Balaban J connectivity index is 4.99. The summed E-state index contributed by atoms with van der Waals surface area (Å²) in [6.07, 6.45) is -4.13. The van der Waals surface area contributed by atoms with Gasteiger partial charge in [0.2, 0.25) is 0 Å². The summed E-state index contributed by atoms with van der Waals surface area (Å²) in [6, 6.07) is 0. The highest BCUT2D eigenvalue weighted by atomic mass is 19.3. The van der Waals surface area contributed by atoms with Crippen LogP contribution in [0.5, 0.6) is 0 Å². The first-order chi connectivity index (χ1) is 6.77. The fraction of sp³-hybridized carbons (Fsp3) is 0.600. The fourth-order valence-corrected chi connectivity index (χ4v) is 0.868. The van der Waals surface area contributed by atoms with Gasteiger partial charge in [0.15, 0.2) is 11.5 Å². The van der Waals surface area contributed by atoms with E-state index in [0.29, 0.717) is 0 Å². The molecule has 0 radical (unpaired) electrons. The number of rotatable bonds is 4. The third kappa shape index (κ3) is 4.36. The number of hydrogen-bond acceptors (Lipinski definition) is 1. The van der Waals surface area contributed by atoms with Crippen molar-refractivity contribution in [2.24, 2.45) is 11.8 Å². The van der Waals surface area contributed by atoms with Crippen molar-refractivity contribution >= 4 is 0 Å². The summed E-state index contributed by atoms with van der Waals surface area (Å²) in [5.74, 6) is -2.68. The quantitative estimate of drug-likeness (QED) is 0.505. The second kappa shape index (κ2) is 5.78. The van der Waals surface area contributed by atoms with Crippen molar-refractivity contribution in [3.05, 3.63) is 23.7 Å². The molecule has 15 heavy (non-hydrogen) atoms. The zero-order chi connectivity index (χ0) is 12.2. The molecule has 0 N–H and O–H groups in total. The van der Waals surface area contributed by atoms with Gasteiger partial charge in [0.1, 0.15) is 0 Å². The lowest BCUT2D eigenvalue weighted by molar-refractivity contribution is 0.177. The first-order valence-electron chi connectivity index (χ1n) is 4.55. The van der Waals surface area contributed by atoms with Gasteiger partial charge >= 0.3 is 12.2 Å². The van der Waals surface area contributed by atoms with E-state index in [4.69, 9.17) is 0 Å². The Morgan fingerprint density at radius 2 is 1.00 bits per heavy atom. The van der Waals surface area contributed by atoms with E-state index in [1.165, 1.54) is 27.7 Å².